The predicted molar refractivity (Wildman–Crippen MR) is 94.2 cm³/mol. The third kappa shape index (κ3) is 4.75. The number of carbonyl (C=O) groups excluding carboxylic acids is 1. The Balaban J connectivity index is 1.85. The zero-order valence-corrected chi connectivity index (χ0v) is 14.7. The molecule has 1 aliphatic rings. The quantitative estimate of drug-likeness (QED) is 0.782. The van der Waals surface area contributed by atoms with Gasteiger partial charge in [0.25, 0.3) is 5.91 Å². The van der Waals surface area contributed by atoms with Crippen LogP contribution in [0.25, 0.3) is 0 Å². The number of amides is 1. The summed E-state index contributed by atoms with van der Waals surface area (Å²) in [6.45, 7) is 6.32. The molecule has 0 aromatic heterocycles. The van der Waals surface area contributed by atoms with E-state index in [4.69, 9.17) is 22.1 Å². The van der Waals surface area contributed by atoms with Crippen molar-refractivity contribution in [3.63, 3.8) is 0 Å². The van der Waals surface area contributed by atoms with Crippen molar-refractivity contribution in [2.24, 2.45) is 5.92 Å². The maximum Gasteiger partial charge on any atom is 0.255 e. The van der Waals surface area contributed by atoms with Crippen molar-refractivity contribution in [3.05, 3.63) is 22.7 Å². The molecule has 23 heavy (non-hydrogen) atoms. The van der Waals surface area contributed by atoms with Crippen molar-refractivity contribution >= 4 is 23.2 Å². The molecule has 1 aliphatic heterocycles. The summed E-state index contributed by atoms with van der Waals surface area (Å²) in [6.07, 6.45) is 3.43. The number of hydrogen-bond donors (Lipinski definition) is 2. The Kier molecular flexibility index (Phi) is 6.54. The normalized spacial score (nSPS) is 16.3. The highest BCUT2D eigenvalue weighted by molar-refractivity contribution is 6.33. The fourth-order valence-corrected chi connectivity index (χ4v) is 3.16. The number of anilines is 1. The first kappa shape index (κ1) is 17.9. The van der Waals surface area contributed by atoms with E-state index >= 15 is 0 Å². The molecule has 128 valence electrons. The Morgan fingerprint density at radius 3 is 2.74 bits per heavy atom. The number of nitrogens with two attached hydrogens (primary N) is 1. The van der Waals surface area contributed by atoms with Crippen molar-refractivity contribution in [2.75, 3.05) is 39.0 Å². The second kappa shape index (κ2) is 8.41. The molecule has 6 heteroatoms. The number of rotatable bonds is 6. The van der Waals surface area contributed by atoms with Gasteiger partial charge in [0.05, 0.1) is 23.4 Å². The largest absolute Gasteiger partial charge is 0.496 e. The molecule has 0 bridgehead atoms. The summed E-state index contributed by atoms with van der Waals surface area (Å²) in [5, 5.41) is 3.32. The van der Waals surface area contributed by atoms with Crippen LogP contribution in [-0.2, 0) is 0 Å². The fraction of sp³-hybridized carbons (Fsp3) is 0.588. The molecule has 1 fully saturated rings. The standard InChI is InChI=1S/C17H26ClN3O2/c1-3-21-8-5-12(6-9-21)4-7-20-17(22)13-10-14(18)15(19)11-16(13)23-2/h10-12H,3-9,19H2,1-2H3,(H,20,22). The Bertz CT molecular complexity index is 543. The van der Waals surface area contributed by atoms with E-state index in [9.17, 15) is 4.79 Å². The maximum atomic E-state index is 12.3. The van der Waals surface area contributed by atoms with Gasteiger partial charge in [-0.15, -0.1) is 0 Å². The molecule has 1 aromatic carbocycles. The molecule has 2 rings (SSSR count). The Morgan fingerprint density at radius 1 is 1.43 bits per heavy atom. The Hall–Kier alpha value is -1.46. The van der Waals surface area contributed by atoms with E-state index in [1.54, 1.807) is 12.1 Å². The van der Waals surface area contributed by atoms with Crippen molar-refractivity contribution in [3.8, 4) is 5.75 Å². The van der Waals surface area contributed by atoms with Crippen LogP contribution in [0.1, 0.15) is 36.5 Å². The lowest BCUT2D eigenvalue weighted by Gasteiger charge is -2.31. The molecule has 0 aliphatic carbocycles. The van der Waals surface area contributed by atoms with Gasteiger partial charge in [0, 0.05) is 12.6 Å². The van der Waals surface area contributed by atoms with Gasteiger partial charge in [-0.2, -0.15) is 0 Å². The van der Waals surface area contributed by atoms with Crippen LogP contribution >= 0.6 is 11.6 Å². The number of benzene rings is 1. The van der Waals surface area contributed by atoms with Gasteiger partial charge in [0.1, 0.15) is 5.75 Å². The lowest BCUT2D eigenvalue weighted by atomic mass is 9.93. The molecule has 0 radical (unpaired) electrons. The lowest BCUT2D eigenvalue weighted by Crippen LogP contribution is -2.35. The van der Waals surface area contributed by atoms with Crippen molar-refractivity contribution < 1.29 is 9.53 Å². The molecule has 3 N–H and O–H groups in total. The Morgan fingerprint density at radius 2 is 2.13 bits per heavy atom. The van der Waals surface area contributed by atoms with E-state index in [0.29, 0.717) is 34.5 Å². The Labute approximate surface area is 143 Å². The van der Waals surface area contributed by atoms with Crippen LogP contribution in [0.15, 0.2) is 12.1 Å². The molecule has 0 spiro atoms. The summed E-state index contributed by atoms with van der Waals surface area (Å²) in [5.74, 6) is 0.963. The van der Waals surface area contributed by atoms with Crippen LogP contribution in [0.3, 0.4) is 0 Å². The van der Waals surface area contributed by atoms with Gasteiger partial charge in [-0.1, -0.05) is 18.5 Å². The van der Waals surface area contributed by atoms with E-state index in [2.05, 4.69) is 17.1 Å². The predicted octanol–water partition coefficient (Wildman–Crippen LogP) is 2.78. The van der Waals surface area contributed by atoms with E-state index in [1.165, 1.54) is 20.0 Å². The van der Waals surface area contributed by atoms with Crippen molar-refractivity contribution in [1.29, 1.82) is 0 Å². The van der Waals surface area contributed by atoms with Gasteiger partial charge in [-0.25, -0.2) is 0 Å². The highest BCUT2D eigenvalue weighted by atomic mass is 35.5. The average Bonchev–Trinajstić information content (AvgIpc) is 2.57. The number of nitrogen functional groups attached to an aromatic ring is 1. The van der Waals surface area contributed by atoms with E-state index < -0.39 is 0 Å². The number of carbonyl (C=O) groups is 1. The molecule has 0 saturated carbocycles. The number of hydrogen-bond acceptors (Lipinski definition) is 4. The minimum absolute atomic E-state index is 0.172. The van der Waals surface area contributed by atoms with E-state index in [0.717, 1.165) is 26.1 Å². The number of nitrogens with one attached hydrogen (secondary N) is 1. The van der Waals surface area contributed by atoms with E-state index in [-0.39, 0.29) is 5.91 Å². The fourth-order valence-electron chi connectivity index (χ4n) is 2.99. The molecule has 0 atom stereocenters. The van der Waals surface area contributed by atoms with Crippen LogP contribution in [0.2, 0.25) is 5.02 Å². The van der Waals surface area contributed by atoms with E-state index in [1.807, 2.05) is 0 Å². The maximum absolute atomic E-state index is 12.3. The van der Waals surface area contributed by atoms with Crippen molar-refractivity contribution in [1.82, 2.24) is 10.2 Å². The van der Waals surface area contributed by atoms with Crippen LogP contribution in [0, 0.1) is 5.92 Å². The number of methoxy groups -OCH3 is 1. The van der Waals surface area contributed by atoms with Gasteiger partial charge in [0.15, 0.2) is 0 Å². The van der Waals surface area contributed by atoms with Gasteiger partial charge in [-0.3, -0.25) is 4.79 Å². The second-order valence-electron chi connectivity index (χ2n) is 6.00. The SMILES string of the molecule is CCN1CCC(CCNC(=O)c2cc(Cl)c(N)cc2OC)CC1. The van der Waals surface area contributed by atoms with Gasteiger partial charge < -0.3 is 20.7 Å². The summed E-state index contributed by atoms with van der Waals surface area (Å²) < 4.78 is 5.22. The van der Waals surface area contributed by atoms with Crippen LogP contribution in [0.5, 0.6) is 5.75 Å². The molecule has 0 unspecified atom stereocenters. The summed E-state index contributed by atoms with van der Waals surface area (Å²) in [6, 6.07) is 3.14. The minimum Gasteiger partial charge on any atom is -0.496 e. The average molecular weight is 340 g/mol. The first-order chi connectivity index (χ1) is 11.0. The second-order valence-corrected chi connectivity index (χ2v) is 6.40. The topological polar surface area (TPSA) is 67.6 Å². The number of likely N-dealkylation sites (tertiary alicyclic amines) is 1. The van der Waals surface area contributed by atoms with Crippen LogP contribution in [-0.4, -0.2) is 44.1 Å². The van der Waals surface area contributed by atoms with Crippen LogP contribution < -0.4 is 15.8 Å². The summed E-state index contributed by atoms with van der Waals surface area (Å²) in [4.78, 5) is 14.8. The third-order valence-electron chi connectivity index (χ3n) is 4.56. The molecule has 1 heterocycles. The minimum atomic E-state index is -0.172. The molecule has 1 amide bonds. The number of ether oxygens (including phenoxy) is 1. The van der Waals surface area contributed by atoms with Gasteiger partial charge >= 0.3 is 0 Å². The zero-order valence-electron chi connectivity index (χ0n) is 13.9. The molecule has 1 aromatic rings. The summed E-state index contributed by atoms with van der Waals surface area (Å²) in [7, 11) is 1.51. The summed E-state index contributed by atoms with van der Waals surface area (Å²) in [5.41, 5.74) is 6.57. The summed E-state index contributed by atoms with van der Waals surface area (Å²) >= 11 is 6.00. The highest BCUT2D eigenvalue weighted by Crippen LogP contribution is 2.28. The van der Waals surface area contributed by atoms with Gasteiger partial charge in [0.2, 0.25) is 0 Å². The number of piperidine rings is 1. The van der Waals surface area contributed by atoms with Gasteiger partial charge in [-0.05, 0) is 50.9 Å². The molecular formula is C17H26ClN3O2. The lowest BCUT2D eigenvalue weighted by molar-refractivity contribution is 0.0945. The molecule has 5 nitrogen and oxygen atoms in total. The first-order valence-electron chi connectivity index (χ1n) is 8.18. The third-order valence-corrected chi connectivity index (χ3v) is 4.88. The number of nitrogens with zero attached hydrogens (tertiary/aromatic N) is 1. The van der Waals surface area contributed by atoms with Crippen molar-refractivity contribution in [2.45, 2.75) is 26.2 Å². The first-order valence-corrected chi connectivity index (χ1v) is 8.56. The molecule has 1 saturated heterocycles. The highest BCUT2D eigenvalue weighted by Gasteiger charge is 2.19. The zero-order chi connectivity index (χ0) is 16.8. The van der Waals surface area contributed by atoms with Crippen LogP contribution in [0.4, 0.5) is 5.69 Å². The smallest absolute Gasteiger partial charge is 0.255 e. The number of halogens is 1. The monoisotopic (exact) mass is 339 g/mol. The molecular weight excluding hydrogens is 314 g/mol.